The molecule has 2 heterocycles. The molecule has 0 bridgehead atoms. The molecule has 0 radical (unpaired) electrons. The number of hydrogen-bond acceptors (Lipinski definition) is 3. The summed E-state index contributed by atoms with van der Waals surface area (Å²) in [5, 5.41) is 1.11. The Kier molecular flexibility index (Phi) is 3.39. The fourth-order valence-corrected chi connectivity index (χ4v) is 1.87. The van der Waals surface area contributed by atoms with Gasteiger partial charge in [0.25, 0.3) is 0 Å². The van der Waals surface area contributed by atoms with Crippen molar-refractivity contribution in [3.8, 4) is 0 Å². The fourth-order valence-electron chi connectivity index (χ4n) is 1.87. The number of hydrogen-bond donors (Lipinski definition) is 1. The molecular formula is C12H18N4. The van der Waals surface area contributed by atoms with E-state index in [0.29, 0.717) is 0 Å². The van der Waals surface area contributed by atoms with Crippen LogP contribution in [-0.4, -0.2) is 28.0 Å². The first-order chi connectivity index (χ1) is 7.86. The van der Waals surface area contributed by atoms with Gasteiger partial charge in [-0.25, -0.2) is 9.97 Å². The van der Waals surface area contributed by atoms with Crippen LogP contribution in [0.15, 0.2) is 18.6 Å². The van der Waals surface area contributed by atoms with E-state index in [2.05, 4.69) is 33.7 Å². The third-order valence-corrected chi connectivity index (χ3v) is 2.80. The molecule has 86 valence electrons. The second kappa shape index (κ2) is 4.96. The molecule has 0 aliphatic carbocycles. The topological polar surface area (TPSA) is 44.8 Å². The van der Waals surface area contributed by atoms with E-state index in [0.717, 1.165) is 29.9 Å². The molecule has 2 rings (SSSR count). The molecule has 0 saturated heterocycles. The number of aromatic amines is 1. The van der Waals surface area contributed by atoms with Gasteiger partial charge in [-0.05, 0) is 19.4 Å². The van der Waals surface area contributed by atoms with Gasteiger partial charge in [-0.15, -0.1) is 0 Å². The standard InChI is InChI=1S/C12H18N4/c1-3-5-8-16(4-2)12-10-6-7-13-11(10)14-9-15-12/h6-7,9H,3-5,8H2,1-2H3,(H,13,14,15). The predicted octanol–water partition coefficient (Wildman–Crippen LogP) is 2.58. The van der Waals surface area contributed by atoms with Gasteiger partial charge in [-0.2, -0.15) is 0 Å². The highest BCUT2D eigenvalue weighted by atomic mass is 15.2. The molecule has 2 aromatic heterocycles. The van der Waals surface area contributed by atoms with Gasteiger partial charge in [0.05, 0.1) is 5.39 Å². The van der Waals surface area contributed by atoms with E-state index in [9.17, 15) is 0 Å². The summed E-state index contributed by atoms with van der Waals surface area (Å²) in [6, 6.07) is 2.04. The molecule has 16 heavy (non-hydrogen) atoms. The van der Waals surface area contributed by atoms with Crippen LogP contribution in [0.5, 0.6) is 0 Å². The summed E-state index contributed by atoms with van der Waals surface area (Å²) in [5.74, 6) is 1.04. The molecule has 2 aromatic rings. The Hall–Kier alpha value is -1.58. The summed E-state index contributed by atoms with van der Waals surface area (Å²) in [4.78, 5) is 14.0. The quantitative estimate of drug-likeness (QED) is 0.839. The van der Waals surface area contributed by atoms with Gasteiger partial charge in [0.15, 0.2) is 0 Å². The van der Waals surface area contributed by atoms with Gasteiger partial charge in [0.1, 0.15) is 17.8 Å². The molecule has 0 spiro atoms. The maximum atomic E-state index is 4.40. The van der Waals surface area contributed by atoms with Crippen molar-refractivity contribution in [2.24, 2.45) is 0 Å². The third kappa shape index (κ3) is 2.01. The Morgan fingerprint density at radius 1 is 1.31 bits per heavy atom. The molecule has 0 aromatic carbocycles. The average Bonchev–Trinajstić information content (AvgIpc) is 2.78. The van der Waals surface area contributed by atoms with Crippen LogP contribution in [0.2, 0.25) is 0 Å². The van der Waals surface area contributed by atoms with E-state index < -0.39 is 0 Å². The lowest BCUT2D eigenvalue weighted by Gasteiger charge is -2.21. The van der Waals surface area contributed by atoms with Gasteiger partial charge in [0.2, 0.25) is 0 Å². The van der Waals surface area contributed by atoms with Crippen LogP contribution in [0.3, 0.4) is 0 Å². The van der Waals surface area contributed by atoms with Crippen molar-refractivity contribution in [3.63, 3.8) is 0 Å². The Morgan fingerprint density at radius 3 is 2.94 bits per heavy atom. The summed E-state index contributed by atoms with van der Waals surface area (Å²) in [5.41, 5.74) is 0.917. The average molecular weight is 218 g/mol. The van der Waals surface area contributed by atoms with Crippen LogP contribution >= 0.6 is 0 Å². The van der Waals surface area contributed by atoms with Crippen molar-refractivity contribution in [3.05, 3.63) is 18.6 Å². The number of rotatable bonds is 5. The van der Waals surface area contributed by atoms with Crippen molar-refractivity contribution in [2.45, 2.75) is 26.7 Å². The zero-order valence-corrected chi connectivity index (χ0v) is 9.90. The number of anilines is 1. The first-order valence-electron chi connectivity index (χ1n) is 5.89. The zero-order chi connectivity index (χ0) is 11.4. The second-order valence-electron chi connectivity index (χ2n) is 3.87. The molecular weight excluding hydrogens is 200 g/mol. The summed E-state index contributed by atoms with van der Waals surface area (Å²) < 4.78 is 0. The molecule has 0 aliphatic rings. The normalized spacial score (nSPS) is 10.9. The minimum Gasteiger partial charge on any atom is -0.356 e. The summed E-state index contributed by atoms with van der Waals surface area (Å²) in [6.45, 7) is 6.41. The molecule has 0 saturated carbocycles. The van der Waals surface area contributed by atoms with Gasteiger partial charge in [-0.3, -0.25) is 0 Å². The summed E-state index contributed by atoms with van der Waals surface area (Å²) >= 11 is 0. The van der Waals surface area contributed by atoms with E-state index in [1.54, 1.807) is 6.33 Å². The van der Waals surface area contributed by atoms with E-state index in [1.807, 2.05) is 12.3 Å². The first kappa shape index (κ1) is 10.9. The second-order valence-corrected chi connectivity index (χ2v) is 3.87. The number of nitrogens with one attached hydrogen (secondary N) is 1. The van der Waals surface area contributed by atoms with Crippen LogP contribution in [0.25, 0.3) is 11.0 Å². The van der Waals surface area contributed by atoms with Crippen molar-refractivity contribution in [1.82, 2.24) is 15.0 Å². The van der Waals surface area contributed by atoms with E-state index in [-0.39, 0.29) is 0 Å². The molecule has 0 fully saturated rings. The van der Waals surface area contributed by atoms with Gasteiger partial charge in [-0.1, -0.05) is 13.3 Å². The van der Waals surface area contributed by atoms with Gasteiger partial charge in [0, 0.05) is 19.3 Å². The van der Waals surface area contributed by atoms with Crippen molar-refractivity contribution in [1.29, 1.82) is 0 Å². The van der Waals surface area contributed by atoms with Crippen LogP contribution in [0.4, 0.5) is 5.82 Å². The lowest BCUT2D eigenvalue weighted by molar-refractivity contribution is 0.726. The van der Waals surface area contributed by atoms with E-state index in [4.69, 9.17) is 0 Å². The Balaban J connectivity index is 2.32. The Morgan fingerprint density at radius 2 is 2.19 bits per heavy atom. The largest absolute Gasteiger partial charge is 0.356 e. The minimum atomic E-state index is 0.917. The predicted molar refractivity (Wildman–Crippen MR) is 66.7 cm³/mol. The van der Waals surface area contributed by atoms with Crippen LogP contribution in [0, 0.1) is 0 Å². The first-order valence-corrected chi connectivity index (χ1v) is 5.89. The number of H-pyrrole nitrogens is 1. The highest BCUT2D eigenvalue weighted by Crippen LogP contribution is 2.21. The highest BCUT2D eigenvalue weighted by molar-refractivity contribution is 5.87. The van der Waals surface area contributed by atoms with E-state index >= 15 is 0 Å². The van der Waals surface area contributed by atoms with Crippen molar-refractivity contribution < 1.29 is 0 Å². The van der Waals surface area contributed by atoms with Gasteiger partial charge >= 0.3 is 0 Å². The fraction of sp³-hybridized carbons (Fsp3) is 0.500. The summed E-state index contributed by atoms with van der Waals surface area (Å²) in [7, 11) is 0. The third-order valence-electron chi connectivity index (χ3n) is 2.80. The number of unbranched alkanes of at least 4 members (excludes halogenated alkanes) is 1. The molecule has 0 atom stereocenters. The number of aromatic nitrogens is 3. The summed E-state index contributed by atoms with van der Waals surface area (Å²) in [6.07, 6.45) is 5.95. The number of nitrogens with zero attached hydrogens (tertiary/aromatic N) is 3. The molecule has 0 unspecified atom stereocenters. The highest BCUT2D eigenvalue weighted by Gasteiger charge is 2.10. The SMILES string of the molecule is CCCCN(CC)c1ncnc2[nH]ccc12. The van der Waals surface area contributed by atoms with Gasteiger partial charge < -0.3 is 9.88 Å². The monoisotopic (exact) mass is 218 g/mol. The maximum absolute atomic E-state index is 4.40. The maximum Gasteiger partial charge on any atom is 0.142 e. The Labute approximate surface area is 95.7 Å². The minimum absolute atomic E-state index is 0.917. The Bertz CT molecular complexity index is 449. The van der Waals surface area contributed by atoms with Crippen LogP contribution in [0.1, 0.15) is 26.7 Å². The van der Waals surface area contributed by atoms with Crippen LogP contribution in [-0.2, 0) is 0 Å². The van der Waals surface area contributed by atoms with Crippen molar-refractivity contribution in [2.75, 3.05) is 18.0 Å². The smallest absolute Gasteiger partial charge is 0.142 e. The lowest BCUT2D eigenvalue weighted by atomic mass is 10.3. The molecule has 0 amide bonds. The molecule has 4 nitrogen and oxygen atoms in total. The number of fused-ring (bicyclic) bond motifs is 1. The zero-order valence-electron chi connectivity index (χ0n) is 9.90. The van der Waals surface area contributed by atoms with Crippen LogP contribution < -0.4 is 4.90 Å². The molecule has 1 N–H and O–H groups in total. The molecule has 4 heteroatoms. The molecule has 0 aliphatic heterocycles. The van der Waals surface area contributed by atoms with Crippen molar-refractivity contribution >= 4 is 16.9 Å². The lowest BCUT2D eigenvalue weighted by Crippen LogP contribution is -2.25. The van der Waals surface area contributed by atoms with E-state index in [1.165, 1.54) is 12.8 Å².